The van der Waals surface area contributed by atoms with Crippen LogP contribution in [0, 0.1) is 6.92 Å². The molecule has 0 amide bonds. The minimum atomic E-state index is -1.16. The van der Waals surface area contributed by atoms with Crippen LogP contribution in [0.3, 0.4) is 0 Å². The van der Waals surface area contributed by atoms with E-state index in [-0.39, 0.29) is 30.2 Å². The molecule has 1 heterocycles. The van der Waals surface area contributed by atoms with Crippen molar-refractivity contribution in [3.63, 3.8) is 0 Å². The second kappa shape index (κ2) is 12.1. The summed E-state index contributed by atoms with van der Waals surface area (Å²) in [4.78, 5) is 38.4. The van der Waals surface area contributed by atoms with E-state index in [1.165, 1.54) is 31.4 Å². The summed E-state index contributed by atoms with van der Waals surface area (Å²) in [6.07, 6.45) is -1.29. The molecule has 0 aliphatic heterocycles. The number of aromatic nitrogens is 1. The summed E-state index contributed by atoms with van der Waals surface area (Å²) in [7, 11) is 1.53. The molecule has 0 saturated heterocycles. The van der Waals surface area contributed by atoms with Gasteiger partial charge in [-0.1, -0.05) is 11.6 Å². The van der Waals surface area contributed by atoms with Crippen LogP contribution >= 0.6 is 11.6 Å². The Morgan fingerprint density at radius 1 is 0.949 bits per heavy atom. The summed E-state index contributed by atoms with van der Waals surface area (Å²) in [5.74, 6) is -0.748. The highest BCUT2D eigenvalue weighted by Gasteiger charge is 2.23. The van der Waals surface area contributed by atoms with Crippen LogP contribution in [0.5, 0.6) is 11.5 Å². The average molecular weight is 552 g/mol. The number of esters is 2. The maximum absolute atomic E-state index is 13.4. The molecule has 202 valence electrons. The number of carbonyl (C=O) groups excluding carboxylic acids is 3. The minimum Gasteiger partial charge on any atom is -0.497 e. The second-order valence-electron chi connectivity index (χ2n) is 8.70. The maximum atomic E-state index is 13.4. The summed E-state index contributed by atoms with van der Waals surface area (Å²) >= 11 is 5.98. The van der Waals surface area contributed by atoms with Gasteiger partial charge in [0.1, 0.15) is 24.2 Å². The first-order chi connectivity index (χ1) is 18.7. The van der Waals surface area contributed by atoms with E-state index in [9.17, 15) is 19.5 Å². The number of rotatable bonds is 9. The maximum Gasteiger partial charge on any atom is 0.338 e. The van der Waals surface area contributed by atoms with E-state index in [0.717, 1.165) is 0 Å². The number of fused-ring (bicyclic) bond motifs is 1. The first-order valence-electron chi connectivity index (χ1n) is 12.0. The highest BCUT2D eigenvalue weighted by atomic mass is 35.5. The Morgan fingerprint density at radius 3 is 2.23 bits per heavy atom. The molecule has 39 heavy (non-hydrogen) atoms. The smallest absolute Gasteiger partial charge is 0.338 e. The molecule has 1 aromatic heterocycles. The van der Waals surface area contributed by atoms with Crippen molar-refractivity contribution >= 4 is 40.3 Å². The average Bonchev–Trinajstić information content (AvgIpc) is 3.21. The van der Waals surface area contributed by atoms with Crippen molar-refractivity contribution in [1.82, 2.24) is 4.57 Å². The summed E-state index contributed by atoms with van der Waals surface area (Å²) in [6, 6.07) is 17.6. The quantitative estimate of drug-likeness (QED) is 0.237. The van der Waals surface area contributed by atoms with Crippen molar-refractivity contribution in [3.8, 4) is 11.5 Å². The number of methoxy groups -OCH3 is 1. The van der Waals surface area contributed by atoms with Gasteiger partial charge in [0.15, 0.2) is 0 Å². The Labute approximate surface area is 229 Å². The molecule has 1 unspecified atom stereocenters. The SMILES string of the molecule is COc1ccc2c(c1)c(CC(=O)Oc1ccc(C(=O)OCC(O)CO)cc1)c(C)n2C(=O)c1ccc(Cl)cc1. The molecule has 1 atom stereocenters. The van der Waals surface area contributed by atoms with Crippen molar-refractivity contribution in [2.75, 3.05) is 20.3 Å². The second-order valence-corrected chi connectivity index (χ2v) is 9.14. The van der Waals surface area contributed by atoms with Crippen LogP contribution in [-0.2, 0) is 16.0 Å². The van der Waals surface area contributed by atoms with E-state index in [0.29, 0.717) is 38.5 Å². The number of halogens is 1. The van der Waals surface area contributed by atoms with Gasteiger partial charge in [-0.05, 0) is 79.2 Å². The molecule has 0 spiro atoms. The number of ether oxygens (including phenoxy) is 3. The number of carbonyl (C=O) groups is 3. The summed E-state index contributed by atoms with van der Waals surface area (Å²) < 4.78 is 17.3. The molecule has 10 heteroatoms. The molecular weight excluding hydrogens is 526 g/mol. The van der Waals surface area contributed by atoms with Crippen molar-refractivity contribution in [3.05, 3.63) is 94.1 Å². The Bertz CT molecular complexity index is 1510. The van der Waals surface area contributed by atoms with E-state index in [1.54, 1.807) is 54.0 Å². The number of benzene rings is 3. The van der Waals surface area contributed by atoms with Gasteiger partial charge in [0.05, 0.1) is 31.2 Å². The fraction of sp³-hybridized carbons (Fsp3) is 0.207. The number of hydrogen-bond donors (Lipinski definition) is 2. The molecule has 0 saturated carbocycles. The highest BCUT2D eigenvalue weighted by molar-refractivity contribution is 6.30. The van der Waals surface area contributed by atoms with Gasteiger partial charge >= 0.3 is 11.9 Å². The molecule has 9 nitrogen and oxygen atoms in total. The predicted octanol–water partition coefficient (Wildman–Crippen LogP) is 3.96. The van der Waals surface area contributed by atoms with E-state index in [2.05, 4.69) is 0 Å². The van der Waals surface area contributed by atoms with Crippen molar-refractivity contribution < 1.29 is 38.8 Å². The molecule has 0 bridgehead atoms. The van der Waals surface area contributed by atoms with Gasteiger partial charge in [-0.25, -0.2) is 4.79 Å². The van der Waals surface area contributed by atoms with E-state index < -0.39 is 24.6 Å². The van der Waals surface area contributed by atoms with Crippen LogP contribution in [0.1, 0.15) is 32.0 Å². The first kappa shape index (κ1) is 27.8. The molecular formula is C29H26ClNO8. The third kappa shape index (κ3) is 6.28. The number of hydrogen-bond acceptors (Lipinski definition) is 8. The van der Waals surface area contributed by atoms with Gasteiger partial charge in [-0.3, -0.25) is 14.2 Å². The third-order valence-electron chi connectivity index (χ3n) is 6.10. The van der Waals surface area contributed by atoms with Gasteiger partial charge in [-0.2, -0.15) is 0 Å². The lowest BCUT2D eigenvalue weighted by Crippen LogP contribution is -2.21. The van der Waals surface area contributed by atoms with Gasteiger partial charge in [0.25, 0.3) is 5.91 Å². The zero-order valence-electron chi connectivity index (χ0n) is 21.2. The topological polar surface area (TPSA) is 124 Å². The Hall–Kier alpha value is -4.18. The number of aliphatic hydroxyl groups excluding tert-OH is 2. The normalized spacial score (nSPS) is 11.7. The molecule has 2 N–H and O–H groups in total. The van der Waals surface area contributed by atoms with Crippen LogP contribution < -0.4 is 9.47 Å². The molecule has 0 fully saturated rings. The standard InChI is InChI=1S/C29H26ClNO8/c1-17-24(14-27(34)39-22-9-5-19(6-10-22)29(36)38-16-21(33)15-32)25-13-23(37-2)11-12-26(25)31(17)28(35)18-3-7-20(30)8-4-18/h3-13,21,32-33H,14-16H2,1-2H3. The van der Waals surface area contributed by atoms with Crippen molar-refractivity contribution in [1.29, 1.82) is 0 Å². The van der Waals surface area contributed by atoms with E-state index >= 15 is 0 Å². The first-order valence-corrected chi connectivity index (χ1v) is 12.3. The summed E-state index contributed by atoms with van der Waals surface area (Å²) in [6.45, 7) is 0.893. The van der Waals surface area contributed by atoms with Crippen LogP contribution in [0.25, 0.3) is 10.9 Å². The lowest BCUT2D eigenvalue weighted by atomic mass is 10.1. The van der Waals surface area contributed by atoms with Crippen LogP contribution in [0.4, 0.5) is 0 Å². The van der Waals surface area contributed by atoms with Gasteiger partial charge < -0.3 is 24.4 Å². The number of nitrogens with zero attached hydrogens (tertiary/aromatic N) is 1. The Balaban J connectivity index is 1.56. The van der Waals surface area contributed by atoms with Gasteiger partial charge in [0, 0.05) is 21.7 Å². The van der Waals surface area contributed by atoms with Crippen LogP contribution in [-0.4, -0.2) is 59.1 Å². The van der Waals surface area contributed by atoms with Crippen LogP contribution in [0.15, 0.2) is 66.7 Å². The number of aliphatic hydroxyl groups is 2. The summed E-state index contributed by atoms with van der Waals surface area (Å²) in [5, 5.41) is 19.3. The van der Waals surface area contributed by atoms with Gasteiger partial charge in [0.2, 0.25) is 0 Å². The van der Waals surface area contributed by atoms with Gasteiger partial charge in [-0.15, -0.1) is 0 Å². The van der Waals surface area contributed by atoms with Crippen molar-refractivity contribution in [2.45, 2.75) is 19.4 Å². The molecule has 4 rings (SSSR count). The summed E-state index contributed by atoms with van der Waals surface area (Å²) in [5.41, 5.74) is 2.43. The van der Waals surface area contributed by atoms with E-state index in [4.69, 9.17) is 30.9 Å². The lowest BCUT2D eigenvalue weighted by molar-refractivity contribution is -0.133. The molecule has 4 aromatic rings. The predicted molar refractivity (Wildman–Crippen MR) is 144 cm³/mol. The molecule has 3 aromatic carbocycles. The molecule has 0 aliphatic carbocycles. The fourth-order valence-electron chi connectivity index (χ4n) is 4.07. The lowest BCUT2D eigenvalue weighted by Gasteiger charge is -2.09. The largest absolute Gasteiger partial charge is 0.497 e. The van der Waals surface area contributed by atoms with Crippen LogP contribution in [0.2, 0.25) is 5.02 Å². The van der Waals surface area contributed by atoms with E-state index in [1.807, 2.05) is 0 Å². The fourth-order valence-corrected chi connectivity index (χ4v) is 4.20. The zero-order chi connectivity index (χ0) is 28.1. The highest BCUT2D eigenvalue weighted by Crippen LogP contribution is 2.31. The minimum absolute atomic E-state index is 0.126. The Morgan fingerprint density at radius 2 is 1.59 bits per heavy atom. The third-order valence-corrected chi connectivity index (χ3v) is 6.35. The monoisotopic (exact) mass is 551 g/mol. The van der Waals surface area contributed by atoms with Crippen molar-refractivity contribution in [2.24, 2.45) is 0 Å². The molecule has 0 aliphatic rings. The Kier molecular flexibility index (Phi) is 8.65. The zero-order valence-corrected chi connectivity index (χ0v) is 22.0. The molecule has 0 radical (unpaired) electrons.